The Balaban J connectivity index is 2.96. The summed E-state index contributed by atoms with van der Waals surface area (Å²) in [5.74, 6) is -0.120. The van der Waals surface area contributed by atoms with Crippen molar-refractivity contribution in [2.45, 2.75) is 58.8 Å². The lowest BCUT2D eigenvalue weighted by Crippen LogP contribution is -2.21. The molecule has 0 heterocycles. The van der Waals surface area contributed by atoms with E-state index in [9.17, 15) is 9.90 Å². The van der Waals surface area contributed by atoms with Crippen LogP contribution in [0.15, 0.2) is 0 Å². The monoisotopic (exact) mass is 185 g/mol. The van der Waals surface area contributed by atoms with Crippen molar-refractivity contribution in [1.82, 2.24) is 0 Å². The van der Waals surface area contributed by atoms with Crippen LogP contribution >= 0.6 is 0 Å². The van der Waals surface area contributed by atoms with E-state index in [0.29, 0.717) is 0 Å². The van der Waals surface area contributed by atoms with Gasteiger partial charge >= 0.3 is 0 Å². The first-order valence-electron chi connectivity index (χ1n) is 5.32. The fourth-order valence-corrected chi connectivity index (χ4v) is 1.35. The number of aliphatic carboxylic acids is 1. The summed E-state index contributed by atoms with van der Waals surface area (Å²) < 4.78 is 0. The molecule has 0 aliphatic heterocycles. The van der Waals surface area contributed by atoms with Gasteiger partial charge in [0.1, 0.15) is 0 Å². The fourth-order valence-electron chi connectivity index (χ4n) is 1.35. The molecule has 2 nitrogen and oxygen atoms in total. The standard InChI is InChI=1S/C11H22O2/c1-10(2)8-6-4-3-5-7-9-11(12)13/h10H,3-9H2,1-2H3,(H,12,13)/p-1. The molecule has 0 aromatic carbocycles. The van der Waals surface area contributed by atoms with Gasteiger partial charge in [-0.05, 0) is 18.8 Å². The smallest absolute Gasteiger partial charge is 0.0414 e. The highest BCUT2D eigenvalue weighted by atomic mass is 16.4. The summed E-state index contributed by atoms with van der Waals surface area (Å²) >= 11 is 0. The molecule has 13 heavy (non-hydrogen) atoms. The van der Waals surface area contributed by atoms with Gasteiger partial charge in [-0.2, -0.15) is 0 Å². The first-order chi connectivity index (χ1) is 6.13. The van der Waals surface area contributed by atoms with Crippen LogP contribution in [0.1, 0.15) is 58.8 Å². The van der Waals surface area contributed by atoms with Crippen molar-refractivity contribution in [3.05, 3.63) is 0 Å². The molecule has 0 aromatic rings. The largest absolute Gasteiger partial charge is 0.550 e. The van der Waals surface area contributed by atoms with Crippen molar-refractivity contribution in [3.63, 3.8) is 0 Å². The lowest BCUT2D eigenvalue weighted by Gasteiger charge is -2.04. The van der Waals surface area contributed by atoms with Gasteiger partial charge in [0, 0.05) is 5.97 Å². The topological polar surface area (TPSA) is 40.1 Å². The zero-order valence-corrected chi connectivity index (χ0v) is 8.84. The summed E-state index contributed by atoms with van der Waals surface area (Å²) in [5, 5.41) is 10.1. The van der Waals surface area contributed by atoms with Crippen LogP contribution in [0, 0.1) is 5.92 Å². The van der Waals surface area contributed by atoms with Gasteiger partial charge in [-0.3, -0.25) is 0 Å². The third kappa shape index (κ3) is 11.5. The predicted octanol–water partition coefficient (Wildman–Crippen LogP) is 2.12. The van der Waals surface area contributed by atoms with E-state index in [1.807, 2.05) is 0 Å². The maximum absolute atomic E-state index is 10.1. The van der Waals surface area contributed by atoms with E-state index in [-0.39, 0.29) is 6.42 Å². The minimum atomic E-state index is -0.915. The van der Waals surface area contributed by atoms with Gasteiger partial charge in [0.2, 0.25) is 0 Å². The average Bonchev–Trinajstić information content (AvgIpc) is 2.01. The molecule has 0 rings (SSSR count). The highest BCUT2D eigenvalue weighted by Gasteiger charge is 1.94. The fraction of sp³-hybridized carbons (Fsp3) is 0.909. The lowest BCUT2D eigenvalue weighted by molar-refractivity contribution is -0.305. The van der Waals surface area contributed by atoms with Gasteiger partial charge in [-0.1, -0.05) is 46.0 Å². The Bertz CT molecular complexity index is 130. The van der Waals surface area contributed by atoms with Crippen LogP contribution < -0.4 is 5.11 Å². The minimum Gasteiger partial charge on any atom is -0.550 e. The van der Waals surface area contributed by atoms with Crippen molar-refractivity contribution in [3.8, 4) is 0 Å². The molecule has 0 amide bonds. The number of carboxylic acids is 1. The summed E-state index contributed by atoms with van der Waals surface area (Å²) in [7, 11) is 0. The first-order valence-corrected chi connectivity index (χ1v) is 5.32. The molecular weight excluding hydrogens is 164 g/mol. The van der Waals surface area contributed by atoms with Crippen molar-refractivity contribution in [1.29, 1.82) is 0 Å². The van der Waals surface area contributed by atoms with E-state index in [1.165, 1.54) is 25.7 Å². The van der Waals surface area contributed by atoms with Crippen molar-refractivity contribution >= 4 is 5.97 Å². The van der Waals surface area contributed by atoms with E-state index in [2.05, 4.69) is 13.8 Å². The number of carbonyl (C=O) groups excluding carboxylic acids is 1. The van der Waals surface area contributed by atoms with Crippen LogP contribution in [0.3, 0.4) is 0 Å². The Morgan fingerprint density at radius 2 is 1.62 bits per heavy atom. The van der Waals surface area contributed by atoms with Crippen LogP contribution in [-0.4, -0.2) is 5.97 Å². The second-order valence-corrected chi connectivity index (χ2v) is 4.07. The van der Waals surface area contributed by atoms with Crippen molar-refractivity contribution < 1.29 is 9.90 Å². The molecule has 0 spiro atoms. The van der Waals surface area contributed by atoms with E-state index >= 15 is 0 Å². The molecule has 0 saturated heterocycles. The van der Waals surface area contributed by atoms with Gasteiger partial charge in [-0.15, -0.1) is 0 Å². The molecule has 78 valence electrons. The summed E-state index contributed by atoms with van der Waals surface area (Å²) in [6, 6.07) is 0. The molecule has 0 fully saturated rings. The summed E-state index contributed by atoms with van der Waals surface area (Å²) in [4.78, 5) is 10.1. The van der Waals surface area contributed by atoms with Crippen molar-refractivity contribution in [2.24, 2.45) is 5.92 Å². The molecule has 0 unspecified atom stereocenters. The molecular formula is C11H21O2-. The van der Waals surface area contributed by atoms with Gasteiger partial charge in [0.05, 0.1) is 0 Å². The third-order valence-electron chi connectivity index (χ3n) is 2.16. The number of hydrogen-bond acceptors (Lipinski definition) is 2. The Hall–Kier alpha value is -0.530. The lowest BCUT2D eigenvalue weighted by atomic mass is 10.0. The van der Waals surface area contributed by atoms with E-state index in [0.717, 1.165) is 18.8 Å². The highest BCUT2D eigenvalue weighted by Crippen LogP contribution is 2.10. The number of carbonyl (C=O) groups is 1. The van der Waals surface area contributed by atoms with Crippen LogP contribution in [-0.2, 0) is 4.79 Å². The SMILES string of the molecule is CC(C)CCCCCCCC(=O)[O-]. The molecule has 0 aliphatic rings. The molecule has 0 radical (unpaired) electrons. The number of unbranched alkanes of at least 4 members (excludes halogenated alkanes) is 4. The van der Waals surface area contributed by atoms with Gasteiger partial charge < -0.3 is 9.90 Å². The highest BCUT2D eigenvalue weighted by molar-refractivity contribution is 5.63. The van der Waals surface area contributed by atoms with Crippen LogP contribution in [0.4, 0.5) is 0 Å². The third-order valence-corrected chi connectivity index (χ3v) is 2.16. The molecule has 0 aliphatic carbocycles. The molecule has 2 heteroatoms. The van der Waals surface area contributed by atoms with E-state index in [1.54, 1.807) is 0 Å². The zero-order chi connectivity index (χ0) is 10.1. The van der Waals surface area contributed by atoms with Gasteiger partial charge in [-0.25, -0.2) is 0 Å². The Labute approximate surface area is 81.3 Å². The maximum atomic E-state index is 10.1. The summed E-state index contributed by atoms with van der Waals surface area (Å²) in [6.45, 7) is 4.46. The summed E-state index contributed by atoms with van der Waals surface area (Å²) in [5.41, 5.74) is 0. The van der Waals surface area contributed by atoms with E-state index in [4.69, 9.17) is 0 Å². The quantitative estimate of drug-likeness (QED) is 0.543. The molecule has 0 bridgehead atoms. The average molecular weight is 185 g/mol. The van der Waals surface area contributed by atoms with Crippen LogP contribution in [0.2, 0.25) is 0 Å². The minimum absolute atomic E-state index is 0.226. The Kier molecular flexibility index (Phi) is 7.76. The summed E-state index contributed by atoms with van der Waals surface area (Å²) in [6.07, 6.45) is 7.02. The normalized spacial score (nSPS) is 10.7. The van der Waals surface area contributed by atoms with Crippen LogP contribution in [0.5, 0.6) is 0 Å². The number of carboxylic acid groups (broad SMARTS) is 1. The maximum Gasteiger partial charge on any atom is 0.0414 e. The second-order valence-electron chi connectivity index (χ2n) is 4.07. The number of rotatable bonds is 8. The van der Waals surface area contributed by atoms with Gasteiger partial charge in [0.25, 0.3) is 0 Å². The first kappa shape index (κ1) is 12.5. The molecule has 0 atom stereocenters. The second kappa shape index (κ2) is 8.09. The molecule has 0 aromatic heterocycles. The predicted molar refractivity (Wildman–Crippen MR) is 52.2 cm³/mol. The Morgan fingerprint density at radius 1 is 1.08 bits per heavy atom. The zero-order valence-electron chi connectivity index (χ0n) is 8.84. The molecule has 0 saturated carbocycles. The Morgan fingerprint density at radius 3 is 2.15 bits per heavy atom. The molecule has 0 N–H and O–H groups in total. The van der Waals surface area contributed by atoms with Crippen LogP contribution in [0.25, 0.3) is 0 Å². The number of hydrogen-bond donors (Lipinski definition) is 0. The van der Waals surface area contributed by atoms with Gasteiger partial charge in [0.15, 0.2) is 0 Å². The van der Waals surface area contributed by atoms with Crippen molar-refractivity contribution in [2.75, 3.05) is 0 Å². The van der Waals surface area contributed by atoms with E-state index < -0.39 is 5.97 Å².